The van der Waals surface area contributed by atoms with Crippen LogP contribution in [0.3, 0.4) is 0 Å². The van der Waals surface area contributed by atoms with Crippen LogP contribution in [0, 0.1) is 0 Å². The highest BCUT2D eigenvalue weighted by Crippen LogP contribution is 2.09. The van der Waals surface area contributed by atoms with Gasteiger partial charge < -0.3 is 10.2 Å². The van der Waals surface area contributed by atoms with Crippen molar-refractivity contribution in [2.24, 2.45) is 0 Å². The molecule has 0 saturated carbocycles. The third kappa shape index (κ3) is 3.16. The van der Waals surface area contributed by atoms with Crippen LogP contribution >= 0.6 is 0 Å². The van der Waals surface area contributed by atoms with Gasteiger partial charge in [0.15, 0.2) is 0 Å². The minimum Gasteiger partial charge on any atom is -0.313 e. The van der Waals surface area contributed by atoms with Crippen LogP contribution in [0.2, 0.25) is 0 Å². The number of hydrogen-bond donors (Lipinski definition) is 1. The van der Waals surface area contributed by atoms with E-state index in [2.05, 4.69) is 5.32 Å². The third-order valence-electron chi connectivity index (χ3n) is 1.80. The van der Waals surface area contributed by atoms with Gasteiger partial charge in [-0.3, -0.25) is 0 Å². The van der Waals surface area contributed by atoms with E-state index in [4.69, 9.17) is 0 Å². The van der Waals surface area contributed by atoms with Crippen molar-refractivity contribution < 1.29 is 4.39 Å². The first-order valence-corrected chi connectivity index (χ1v) is 4.24. The molecule has 0 aliphatic carbocycles. The van der Waals surface area contributed by atoms with Gasteiger partial charge in [0.1, 0.15) is 6.17 Å². The zero-order chi connectivity index (χ0) is 8.85. The molecule has 1 rings (SSSR count). The first kappa shape index (κ1) is 10.8. The Bertz CT molecular complexity index is 98.1. The Hall–Kier alpha value is -0.150. The van der Waals surface area contributed by atoms with Crippen molar-refractivity contribution in [3.05, 3.63) is 0 Å². The second-order valence-electron chi connectivity index (χ2n) is 2.63. The van der Waals surface area contributed by atoms with Gasteiger partial charge in [-0.25, -0.2) is 4.39 Å². The molecule has 11 heavy (non-hydrogen) atoms. The molecule has 2 atom stereocenters. The first-order chi connectivity index (χ1) is 5.24. The molecule has 0 radical (unpaired) electrons. The van der Waals surface area contributed by atoms with Gasteiger partial charge in [-0.15, -0.1) is 0 Å². The van der Waals surface area contributed by atoms with Gasteiger partial charge in [0.05, 0.1) is 6.04 Å². The maximum atomic E-state index is 12.7. The zero-order valence-electron chi connectivity index (χ0n) is 7.89. The summed E-state index contributed by atoms with van der Waals surface area (Å²) in [6, 6.07) is 0.0509. The molecule has 2 unspecified atom stereocenters. The molecule has 3 heteroatoms. The second-order valence-corrected chi connectivity index (χ2v) is 2.63. The highest BCUT2D eigenvalue weighted by atomic mass is 19.1. The molecule has 0 spiro atoms. The molecule has 68 valence electrons. The number of likely N-dealkylation sites (N-methyl/N-ethyl adjacent to an activating group) is 2. The summed E-state index contributed by atoms with van der Waals surface area (Å²) in [5.74, 6) is 0. The van der Waals surface area contributed by atoms with Crippen LogP contribution in [-0.4, -0.2) is 44.3 Å². The molecule has 1 fully saturated rings. The summed E-state index contributed by atoms with van der Waals surface area (Å²) >= 11 is 0. The van der Waals surface area contributed by atoms with Crippen LogP contribution in [0.15, 0.2) is 0 Å². The highest BCUT2D eigenvalue weighted by Gasteiger charge is 2.28. The average Bonchev–Trinajstić information content (AvgIpc) is 2.33. The lowest BCUT2D eigenvalue weighted by Gasteiger charge is -2.08. The summed E-state index contributed by atoms with van der Waals surface area (Å²) in [6.07, 6.45) is -0.681. The molecule has 0 bridgehead atoms. The van der Waals surface area contributed by atoms with E-state index in [1.807, 2.05) is 25.8 Å². The molecular weight excluding hydrogens is 143 g/mol. The molecule has 0 aromatic carbocycles. The Morgan fingerprint density at radius 2 is 1.91 bits per heavy atom. The van der Waals surface area contributed by atoms with Gasteiger partial charge in [-0.05, 0) is 14.1 Å². The SMILES string of the molecule is CC.CNC1CN(C)CC1F. The fourth-order valence-electron chi connectivity index (χ4n) is 1.22. The van der Waals surface area contributed by atoms with Gasteiger partial charge in [-0.1, -0.05) is 13.8 Å². The molecule has 1 aliphatic heterocycles. The third-order valence-corrected chi connectivity index (χ3v) is 1.80. The van der Waals surface area contributed by atoms with Gasteiger partial charge in [0.25, 0.3) is 0 Å². The average molecular weight is 162 g/mol. The number of likely N-dealkylation sites (tertiary alicyclic amines) is 1. The lowest BCUT2D eigenvalue weighted by atomic mass is 10.2. The Kier molecular flexibility index (Phi) is 5.42. The van der Waals surface area contributed by atoms with Crippen molar-refractivity contribution in [3.8, 4) is 0 Å². The lowest BCUT2D eigenvalue weighted by molar-refractivity contribution is 0.297. The van der Waals surface area contributed by atoms with Gasteiger partial charge >= 0.3 is 0 Å². The summed E-state index contributed by atoms with van der Waals surface area (Å²) < 4.78 is 12.7. The number of nitrogens with zero attached hydrogens (tertiary/aromatic N) is 1. The molecule has 1 aliphatic rings. The maximum Gasteiger partial charge on any atom is 0.129 e. The number of nitrogens with one attached hydrogen (secondary N) is 1. The number of hydrogen-bond acceptors (Lipinski definition) is 2. The molecule has 0 aromatic heterocycles. The van der Waals surface area contributed by atoms with Crippen molar-refractivity contribution in [1.29, 1.82) is 0 Å². The van der Waals surface area contributed by atoms with Crippen LogP contribution < -0.4 is 5.32 Å². The number of halogens is 1. The van der Waals surface area contributed by atoms with E-state index >= 15 is 0 Å². The Morgan fingerprint density at radius 3 is 2.09 bits per heavy atom. The standard InChI is InChI=1S/C6H13FN2.C2H6/c1-8-6-4-9(2)3-5(6)7;1-2/h5-6,8H,3-4H2,1-2H3;1-2H3. The Labute approximate surface area is 68.8 Å². The van der Waals surface area contributed by atoms with Crippen molar-refractivity contribution in [2.75, 3.05) is 27.2 Å². The van der Waals surface area contributed by atoms with E-state index in [1.165, 1.54) is 0 Å². The van der Waals surface area contributed by atoms with Crippen LogP contribution in [0.25, 0.3) is 0 Å². The fourth-order valence-corrected chi connectivity index (χ4v) is 1.22. The second kappa shape index (κ2) is 5.49. The van der Waals surface area contributed by atoms with E-state index in [0.717, 1.165) is 6.54 Å². The predicted molar refractivity (Wildman–Crippen MR) is 46.6 cm³/mol. The summed E-state index contributed by atoms with van der Waals surface area (Å²) in [6.45, 7) is 5.41. The van der Waals surface area contributed by atoms with Crippen LogP contribution in [0.4, 0.5) is 4.39 Å². The van der Waals surface area contributed by atoms with Crippen molar-refractivity contribution in [1.82, 2.24) is 10.2 Å². The summed E-state index contributed by atoms with van der Waals surface area (Å²) in [7, 11) is 3.74. The molecule has 0 aromatic rings. The fraction of sp³-hybridized carbons (Fsp3) is 1.00. The topological polar surface area (TPSA) is 15.3 Å². The minimum absolute atomic E-state index is 0.0509. The van der Waals surface area contributed by atoms with Crippen molar-refractivity contribution in [3.63, 3.8) is 0 Å². The monoisotopic (exact) mass is 162 g/mol. The van der Waals surface area contributed by atoms with E-state index in [1.54, 1.807) is 7.05 Å². The summed E-state index contributed by atoms with van der Waals surface area (Å²) in [4.78, 5) is 1.99. The van der Waals surface area contributed by atoms with Crippen LogP contribution in [0.5, 0.6) is 0 Å². The summed E-state index contributed by atoms with van der Waals surface area (Å²) in [5, 5.41) is 2.93. The molecular formula is C8H19FN2. The Morgan fingerprint density at radius 1 is 1.36 bits per heavy atom. The normalized spacial score (nSPS) is 31.4. The lowest BCUT2D eigenvalue weighted by Crippen LogP contribution is -2.33. The molecule has 1 heterocycles. The van der Waals surface area contributed by atoms with Crippen molar-refractivity contribution in [2.45, 2.75) is 26.1 Å². The van der Waals surface area contributed by atoms with E-state index in [9.17, 15) is 4.39 Å². The van der Waals surface area contributed by atoms with Gasteiger partial charge in [0.2, 0.25) is 0 Å². The predicted octanol–water partition coefficient (Wildman–Crippen LogP) is 0.884. The van der Waals surface area contributed by atoms with Crippen molar-refractivity contribution >= 4 is 0 Å². The highest BCUT2D eigenvalue weighted by molar-refractivity contribution is 4.86. The summed E-state index contributed by atoms with van der Waals surface area (Å²) in [5.41, 5.74) is 0. The van der Waals surface area contributed by atoms with Crippen LogP contribution in [-0.2, 0) is 0 Å². The van der Waals surface area contributed by atoms with Crippen LogP contribution in [0.1, 0.15) is 13.8 Å². The molecule has 0 amide bonds. The minimum atomic E-state index is -0.681. The molecule has 1 N–H and O–H groups in total. The Balaban J connectivity index is 0.000000461. The maximum absolute atomic E-state index is 12.7. The van der Waals surface area contributed by atoms with E-state index in [0.29, 0.717) is 6.54 Å². The molecule has 1 saturated heterocycles. The molecule has 2 nitrogen and oxygen atoms in total. The van der Waals surface area contributed by atoms with Gasteiger partial charge in [0, 0.05) is 13.1 Å². The quantitative estimate of drug-likeness (QED) is 0.616. The zero-order valence-corrected chi connectivity index (χ0v) is 7.89. The first-order valence-electron chi connectivity index (χ1n) is 4.24. The van der Waals surface area contributed by atoms with E-state index < -0.39 is 6.17 Å². The van der Waals surface area contributed by atoms with Gasteiger partial charge in [-0.2, -0.15) is 0 Å². The largest absolute Gasteiger partial charge is 0.313 e. The smallest absolute Gasteiger partial charge is 0.129 e. The van der Waals surface area contributed by atoms with E-state index in [-0.39, 0.29) is 6.04 Å². The number of rotatable bonds is 1. The number of alkyl halides is 1.